The van der Waals surface area contributed by atoms with E-state index in [2.05, 4.69) is 10.3 Å². The van der Waals surface area contributed by atoms with Crippen molar-refractivity contribution in [3.8, 4) is 0 Å². The van der Waals surface area contributed by atoms with Gasteiger partial charge in [-0.1, -0.05) is 6.07 Å². The number of pyridine rings is 1. The lowest BCUT2D eigenvalue weighted by Gasteiger charge is -2.28. The molecule has 1 saturated heterocycles. The largest absolute Gasteiger partial charge is 0.444 e. The molecule has 1 aromatic heterocycles. The number of carbonyl (C=O) groups is 2. The molecule has 1 fully saturated rings. The molecule has 2 rings (SSSR count). The normalized spacial score (nSPS) is 19.3. The van der Waals surface area contributed by atoms with Gasteiger partial charge in [0.15, 0.2) is 0 Å². The Balaban J connectivity index is 1.99. The smallest absolute Gasteiger partial charge is 0.410 e. The first-order valence-corrected chi connectivity index (χ1v) is 7.98. The Labute approximate surface area is 137 Å². The van der Waals surface area contributed by atoms with Gasteiger partial charge in [0.1, 0.15) is 11.6 Å². The molecule has 2 atom stereocenters. The Morgan fingerprint density at radius 1 is 1.43 bits per heavy atom. The molecule has 126 valence electrons. The molecule has 1 aromatic rings. The van der Waals surface area contributed by atoms with Crippen molar-refractivity contribution in [2.45, 2.75) is 58.2 Å². The molecular weight excluding hydrogens is 294 g/mol. The van der Waals surface area contributed by atoms with Crippen molar-refractivity contribution in [1.82, 2.24) is 15.2 Å². The predicted molar refractivity (Wildman–Crippen MR) is 86.8 cm³/mol. The van der Waals surface area contributed by atoms with Crippen molar-refractivity contribution in [2.24, 2.45) is 0 Å². The van der Waals surface area contributed by atoms with Gasteiger partial charge in [-0.15, -0.1) is 0 Å². The quantitative estimate of drug-likeness (QED) is 0.929. The third-order valence-electron chi connectivity index (χ3n) is 3.73. The van der Waals surface area contributed by atoms with Crippen LogP contribution in [0.3, 0.4) is 0 Å². The molecular formula is C17H25N3O3. The molecule has 0 spiro atoms. The maximum Gasteiger partial charge on any atom is 0.410 e. The van der Waals surface area contributed by atoms with Crippen molar-refractivity contribution >= 4 is 12.0 Å². The van der Waals surface area contributed by atoms with Crippen molar-refractivity contribution in [1.29, 1.82) is 0 Å². The Morgan fingerprint density at radius 3 is 2.78 bits per heavy atom. The van der Waals surface area contributed by atoms with Crippen LogP contribution in [-0.4, -0.2) is 40.1 Å². The summed E-state index contributed by atoms with van der Waals surface area (Å²) in [7, 11) is 0. The zero-order valence-corrected chi connectivity index (χ0v) is 14.2. The fourth-order valence-corrected chi connectivity index (χ4v) is 2.60. The minimum atomic E-state index is -0.566. The number of carbonyl (C=O) groups excluding carboxylic acids is 2. The highest BCUT2D eigenvalue weighted by atomic mass is 16.6. The van der Waals surface area contributed by atoms with Crippen LogP contribution in [-0.2, 0) is 9.53 Å². The zero-order chi connectivity index (χ0) is 17.0. The molecule has 1 N–H and O–H groups in total. The monoisotopic (exact) mass is 319 g/mol. The van der Waals surface area contributed by atoms with Gasteiger partial charge in [-0.3, -0.25) is 14.7 Å². The summed E-state index contributed by atoms with van der Waals surface area (Å²) in [5.74, 6) is -0.148. The minimum absolute atomic E-state index is 0.148. The highest BCUT2D eigenvalue weighted by Crippen LogP contribution is 2.22. The fourth-order valence-electron chi connectivity index (χ4n) is 2.60. The van der Waals surface area contributed by atoms with Crippen LogP contribution < -0.4 is 5.32 Å². The third-order valence-corrected chi connectivity index (χ3v) is 3.73. The SMILES string of the molecule is CC(NC(=O)C1CCCN1C(=O)OC(C)(C)C)c1cccnc1. The second-order valence-electron chi connectivity index (χ2n) is 6.85. The first-order valence-electron chi connectivity index (χ1n) is 7.98. The van der Waals surface area contributed by atoms with Gasteiger partial charge in [-0.25, -0.2) is 4.79 Å². The molecule has 1 aliphatic rings. The van der Waals surface area contributed by atoms with Gasteiger partial charge in [0.25, 0.3) is 0 Å². The Morgan fingerprint density at radius 2 is 2.17 bits per heavy atom. The van der Waals surface area contributed by atoms with E-state index in [1.54, 1.807) is 12.4 Å². The van der Waals surface area contributed by atoms with Crippen LogP contribution in [0.1, 0.15) is 52.1 Å². The number of amides is 2. The molecule has 2 amide bonds. The first-order chi connectivity index (χ1) is 10.8. The molecule has 1 aliphatic heterocycles. The topological polar surface area (TPSA) is 71.5 Å². The number of hydrogen-bond acceptors (Lipinski definition) is 4. The number of likely N-dealkylation sites (tertiary alicyclic amines) is 1. The highest BCUT2D eigenvalue weighted by molar-refractivity contribution is 5.86. The summed E-state index contributed by atoms with van der Waals surface area (Å²) in [4.78, 5) is 30.4. The van der Waals surface area contributed by atoms with E-state index in [0.717, 1.165) is 12.0 Å². The first kappa shape index (κ1) is 17.2. The summed E-state index contributed by atoms with van der Waals surface area (Å²) in [5.41, 5.74) is 0.367. The van der Waals surface area contributed by atoms with Crippen LogP contribution in [0.4, 0.5) is 4.79 Å². The van der Waals surface area contributed by atoms with Gasteiger partial charge in [-0.2, -0.15) is 0 Å². The standard InChI is InChI=1S/C17H25N3O3/c1-12(13-7-5-9-18-11-13)19-15(21)14-8-6-10-20(14)16(22)23-17(2,3)4/h5,7,9,11-12,14H,6,8,10H2,1-4H3,(H,19,21). The van der Waals surface area contributed by atoms with E-state index in [-0.39, 0.29) is 11.9 Å². The van der Waals surface area contributed by atoms with E-state index < -0.39 is 17.7 Å². The summed E-state index contributed by atoms with van der Waals surface area (Å²) in [6.07, 6.45) is 4.46. The summed E-state index contributed by atoms with van der Waals surface area (Å²) < 4.78 is 5.39. The summed E-state index contributed by atoms with van der Waals surface area (Å²) in [5, 5.41) is 2.96. The Kier molecular flexibility index (Phi) is 5.23. The Bertz CT molecular complexity index is 554. The molecule has 0 aromatic carbocycles. The molecule has 0 radical (unpaired) electrons. The van der Waals surface area contributed by atoms with Crippen LogP contribution in [0.15, 0.2) is 24.5 Å². The predicted octanol–water partition coefficient (Wildman–Crippen LogP) is 2.66. The molecule has 0 saturated carbocycles. The highest BCUT2D eigenvalue weighted by Gasteiger charge is 2.36. The average Bonchev–Trinajstić information content (AvgIpc) is 2.96. The van der Waals surface area contributed by atoms with E-state index in [4.69, 9.17) is 4.74 Å². The van der Waals surface area contributed by atoms with E-state index in [1.165, 1.54) is 4.90 Å². The lowest BCUT2D eigenvalue weighted by Crippen LogP contribution is -2.48. The van der Waals surface area contributed by atoms with Crippen LogP contribution in [0.25, 0.3) is 0 Å². The number of ether oxygens (including phenoxy) is 1. The van der Waals surface area contributed by atoms with Crippen molar-refractivity contribution in [3.05, 3.63) is 30.1 Å². The molecule has 2 heterocycles. The van der Waals surface area contributed by atoms with E-state index in [9.17, 15) is 9.59 Å². The van der Waals surface area contributed by atoms with Gasteiger partial charge in [0, 0.05) is 18.9 Å². The number of aromatic nitrogens is 1. The van der Waals surface area contributed by atoms with Gasteiger partial charge in [0.2, 0.25) is 5.91 Å². The molecule has 0 aliphatic carbocycles. The van der Waals surface area contributed by atoms with Gasteiger partial charge < -0.3 is 10.1 Å². The molecule has 23 heavy (non-hydrogen) atoms. The molecule has 0 bridgehead atoms. The Hall–Kier alpha value is -2.11. The van der Waals surface area contributed by atoms with Crippen LogP contribution >= 0.6 is 0 Å². The maximum atomic E-state index is 12.5. The zero-order valence-electron chi connectivity index (χ0n) is 14.2. The second-order valence-corrected chi connectivity index (χ2v) is 6.85. The van der Waals surface area contributed by atoms with Crippen LogP contribution in [0, 0.1) is 0 Å². The number of hydrogen-bond donors (Lipinski definition) is 1. The van der Waals surface area contributed by atoms with Crippen molar-refractivity contribution < 1.29 is 14.3 Å². The van der Waals surface area contributed by atoms with Gasteiger partial charge >= 0.3 is 6.09 Å². The number of nitrogens with one attached hydrogen (secondary N) is 1. The van der Waals surface area contributed by atoms with E-state index in [0.29, 0.717) is 13.0 Å². The lowest BCUT2D eigenvalue weighted by atomic mass is 10.1. The molecule has 6 heteroatoms. The van der Waals surface area contributed by atoms with Crippen LogP contribution in [0.2, 0.25) is 0 Å². The minimum Gasteiger partial charge on any atom is -0.444 e. The third kappa shape index (κ3) is 4.68. The van der Waals surface area contributed by atoms with Gasteiger partial charge in [0.05, 0.1) is 6.04 Å². The average molecular weight is 319 g/mol. The van der Waals surface area contributed by atoms with Crippen molar-refractivity contribution in [2.75, 3.05) is 6.54 Å². The summed E-state index contributed by atoms with van der Waals surface area (Å²) in [6.45, 7) is 7.91. The number of nitrogens with zero attached hydrogens (tertiary/aromatic N) is 2. The molecule has 2 unspecified atom stereocenters. The summed E-state index contributed by atoms with van der Waals surface area (Å²) >= 11 is 0. The number of rotatable bonds is 3. The maximum absolute atomic E-state index is 12.5. The molecule has 6 nitrogen and oxygen atoms in total. The van der Waals surface area contributed by atoms with E-state index in [1.807, 2.05) is 39.8 Å². The lowest BCUT2D eigenvalue weighted by molar-refractivity contribution is -0.126. The van der Waals surface area contributed by atoms with Crippen LogP contribution in [0.5, 0.6) is 0 Å². The van der Waals surface area contributed by atoms with E-state index >= 15 is 0 Å². The van der Waals surface area contributed by atoms with Crippen molar-refractivity contribution in [3.63, 3.8) is 0 Å². The second kappa shape index (κ2) is 6.98. The fraction of sp³-hybridized carbons (Fsp3) is 0.588. The van der Waals surface area contributed by atoms with Gasteiger partial charge in [-0.05, 0) is 52.2 Å². The summed E-state index contributed by atoms with van der Waals surface area (Å²) in [6, 6.07) is 3.12.